The van der Waals surface area contributed by atoms with Crippen LogP contribution in [0, 0.1) is 0 Å². The number of nitrogens with one attached hydrogen (secondary N) is 1. The normalized spacial score (nSPS) is 11.7. The van der Waals surface area contributed by atoms with E-state index in [0.717, 1.165) is 0 Å². The number of para-hydroxylation sites is 1. The SMILES string of the molecule is CC(C)Oc1ccc(C(=O)O[C@@H](C)C(=O)Nc2ccccc2Cl)cc1. The topological polar surface area (TPSA) is 64.6 Å². The van der Waals surface area contributed by atoms with Gasteiger partial charge in [-0.1, -0.05) is 23.7 Å². The van der Waals surface area contributed by atoms with Crippen molar-refractivity contribution in [1.29, 1.82) is 0 Å². The Morgan fingerprint density at radius 1 is 1.00 bits per heavy atom. The molecule has 0 saturated heterocycles. The van der Waals surface area contributed by atoms with Crippen molar-refractivity contribution in [1.82, 2.24) is 0 Å². The summed E-state index contributed by atoms with van der Waals surface area (Å²) in [5.41, 5.74) is 0.806. The number of ether oxygens (including phenoxy) is 2. The smallest absolute Gasteiger partial charge is 0.338 e. The number of amides is 1. The molecule has 2 aromatic carbocycles. The van der Waals surface area contributed by atoms with E-state index in [0.29, 0.717) is 22.0 Å². The third kappa shape index (κ3) is 5.50. The van der Waals surface area contributed by atoms with Gasteiger partial charge < -0.3 is 14.8 Å². The van der Waals surface area contributed by atoms with Crippen molar-refractivity contribution >= 4 is 29.2 Å². The average molecular weight is 362 g/mol. The van der Waals surface area contributed by atoms with Gasteiger partial charge in [-0.2, -0.15) is 0 Å². The van der Waals surface area contributed by atoms with Crippen molar-refractivity contribution in [2.75, 3.05) is 5.32 Å². The fraction of sp³-hybridized carbons (Fsp3) is 0.263. The minimum Gasteiger partial charge on any atom is -0.491 e. The van der Waals surface area contributed by atoms with E-state index in [9.17, 15) is 9.59 Å². The van der Waals surface area contributed by atoms with Gasteiger partial charge in [0.15, 0.2) is 6.10 Å². The Labute approximate surface area is 151 Å². The van der Waals surface area contributed by atoms with Crippen LogP contribution in [0.4, 0.5) is 5.69 Å². The molecule has 5 nitrogen and oxygen atoms in total. The van der Waals surface area contributed by atoms with E-state index >= 15 is 0 Å². The highest BCUT2D eigenvalue weighted by Gasteiger charge is 2.19. The molecule has 0 heterocycles. The molecule has 2 rings (SSSR count). The Hall–Kier alpha value is -2.53. The first-order valence-electron chi connectivity index (χ1n) is 7.90. The maximum atomic E-state index is 12.1. The fourth-order valence-corrected chi connectivity index (χ4v) is 2.20. The highest BCUT2D eigenvalue weighted by atomic mass is 35.5. The molecular weight excluding hydrogens is 342 g/mol. The Bertz CT molecular complexity index is 743. The molecule has 0 saturated carbocycles. The summed E-state index contributed by atoms with van der Waals surface area (Å²) >= 11 is 5.99. The van der Waals surface area contributed by atoms with Gasteiger partial charge in [0.1, 0.15) is 5.75 Å². The lowest BCUT2D eigenvalue weighted by atomic mass is 10.2. The number of benzene rings is 2. The molecule has 0 aliphatic rings. The van der Waals surface area contributed by atoms with Gasteiger partial charge in [-0.05, 0) is 57.2 Å². The molecule has 25 heavy (non-hydrogen) atoms. The number of carbonyl (C=O) groups excluding carboxylic acids is 2. The summed E-state index contributed by atoms with van der Waals surface area (Å²) < 4.78 is 10.7. The molecule has 1 amide bonds. The number of hydrogen-bond acceptors (Lipinski definition) is 4. The number of halogens is 1. The van der Waals surface area contributed by atoms with Crippen molar-refractivity contribution in [3.63, 3.8) is 0 Å². The van der Waals surface area contributed by atoms with E-state index in [1.807, 2.05) is 13.8 Å². The quantitative estimate of drug-likeness (QED) is 0.778. The molecule has 0 spiro atoms. The van der Waals surface area contributed by atoms with Crippen LogP contribution < -0.4 is 10.1 Å². The van der Waals surface area contributed by atoms with E-state index in [1.165, 1.54) is 6.92 Å². The Morgan fingerprint density at radius 2 is 1.64 bits per heavy atom. The van der Waals surface area contributed by atoms with Gasteiger partial charge in [0, 0.05) is 0 Å². The van der Waals surface area contributed by atoms with Gasteiger partial charge in [-0.3, -0.25) is 4.79 Å². The molecule has 0 aromatic heterocycles. The number of anilines is 1. The van der Waals surface area contributed by atoms with Crippen LogP contribution in [0.3, 0.4) is 0 Å². The van der Waals surface area contributed by atoms with Crippen molar-refractivity contribution in [2.24, 2.45) is 0 Å². The summed E-state index contributed by atoms with van der Waals surface area (Å²) in [6, 6.07) is 13.4. The first-order chi connectivity index (χ1) is 11.9. The van der Waals surface area contributed by atoms with Crippen LogP contribution in [-0.4, -0.2) is 24.1 Å². The van der Waals surface area contributed by atoms with Crippen LogP contribution >= 0.6 is 11.6 Å². The number of rotatable bonds is 6. The summed E-state index contributed by atoms with van der Waals surface area (Å²) in [4.78, 5) is 24.3. The third-order valence-corrected chi connectivity index (χ3v) is 3.58. The molecule has 0 fully saturated rings. The molecule has 0 aliphatic carbocycles. The van der Waals surface area contributed by atoms with Crippen molar-refractivity contribution in [3.05, 3.63) is 59.1 Å². The summed E-state index contributed by atoms with van der Waals surface area (Å²) in [5, 5.41) is 3.04. The number of esters is 1. The third-order valence-electron chi connectivity index (χ3n) is 3.25. The molecule has 1 N–H and O–H groups in total. The molecule has 0 bridgehead atoms. The van der Waals surface area contributed by atoms with Crippen molar-refractivity contribution in [2.45, 2.75) is 33.0 Å². The molecule has 2 aromatic rings. The standard InChI is InChI=1S/C19H20ClNO4/c1-12(2)24-15-10-8-14(9-11-15)19(23)25-13(3)18(22)21-17-7-5-4-6-16(17)20/h4-13H,1-3H3,(H,21,22)/t13-/m0/s1. The van der Waals surface area contributed by atoms with Gasteiger partial charge in [-0.25, -0.2) is 4.79 Å². The summed E-state index contributed by atoms with van der Waals surface area (Å²) in [7, 11) is 0. The first-order valence-corrected chi connectivity index (χ1v) is 8.27. The zero-order valence-corrected chi connectivity index (χ0v) is 15.0. The minimum absolute atomic E-state index is 0.0475. The van der Waals surface area contributed by atoms with Crippen molar-refractivity contribution in [3.8, 4) is 5.75 Å². The van der Waals surface area contributed by atoms with E-state index in [-0.39, 0.29) is 6.10 Å². The first kappa shape index (κ1) is 18.8. The molecule has 0 radical (unpaired) electrons. The monoisotopic (exact) mass is 361 g/mol. The predicted octanol–water partition coefficient (Wildman–Crippen LogP) is 4.31. The molecule has 1 atom stereocenters. The van der Waals surface area contributed by atoms with E-state index in [2.05, 4.69) is 5.32 Å². The van der Waals surface area contributed by atoms with Crippen LogP contribution in [-0.2, 0) is 9.53 Å². The maximum absolute atomic E-state index is 12.1. The maximum Gasteiger partial charge on any atom is 0.338 e. The zero-order valence-electron chi connectivity index (χ0n) is 14.3. The summed E-state index contributed by atoms with van der Waals surface area (Å²) in [6.07, 6.45) is -0.915. The predicted molar refractivity (Wildman–Crippen MR) is 97.2 cm³/mol. The average Bonchev–Trinajstić information content (AvgIpc) is 2.56. The van der Waals surface area contributed by atoms with E-state index < -0.39 is 18.0 Å². The zero-order chi connectivity index (χ0) is 18.4. The van der Waals surface area contributed by atoms with Crippen LogP contribution in [0.1, 0.15) is 31.1 Å². The lowest BCUT2D eigenvalue weighted by molar-refractivity contribution is -0.123. The van der Waals surface area contributed by atoms with Crippen LogP contribution in [0.15, 0.2) is 48.5 Å². The van der Waals surface area contributed by atoms with Gasteiger partial charge in [0.25, 0.3) is 5.91 Å². The minimum atomic E-state index is -0.963. The Morgan fingerprint density at radius 3 is 2.24 bits per heavy atom. The van der Waals surface area contributed by atoms with Crippen molar-refractivity contribution < 1.29 is 19.1 Å². The fourth-order valence-electron chi connectivity index (χ4n) is 2.02. The Balaban J connectivity index is 1.95. The molecular formula is C19H20ClNO4. The molecule has 6 heteroatoms. The molecule has 0 unspecified atom stereocenters. The largest absolute Gasteiger partial charge is 0.491 e. The molecule has 132 valence electrons. The second-order valence-electron chi connectivity index (χ2n) is 5.71. The summed E-state index contributed by atoms with van der Waals surface area (Å²) in [6.45, 7) is 5.34. The number of hydrogen-bond donors (Lipinski definition) is 1. The van der Waals surface area contributed by atoms with Gasteiger partial charge >= 0.3 is 5.97 Å². The lowest BCUT2D eigenvalue weighted by Crippen LogP contribution is -2.30. The van der Waals surface area contributed by atoms with Crippen LogP contribution in [0.25, 0.3) is 0 Å². The summed E-state index contributed by atoms with van der Waals surface area (Å²) in [5.74, 6) is -0.379. The second kappa shape index (κ2) is 8.53. The van der Waals surface area contributed by atoms with E-state index in [4.69, 9.17) is 21.1 Å². The number of carbonyl (C=O) groups is 2. The highest BCUT2D eigenvalue weighted by Crippen LogP contribution is 2.21. The lowest BCUT2D eigenvalue weighted by Gasteiger charge is -2.14. The second-order valence-corrected chi connectivity index (χ2v) is 6.11. The van der Waals surface area contributed by atoms with E-state index in [1.54, 1.807) is 48.5 Å². The van der Waals surface area contributed by atoms with Gasteiger partial charge in [-0.15, -0.1) is 0 Å². The molecule has 0 aliphatic heterocycles. The Kier molecular flexibility index (Phi) is 6.42. The van der Waals surface area contributed by atoms with Crippen LogP contribution in [0.5, 0.6) is 5.75 Å². The highest BCUT2D eigenvalue weighted by molar-refractivity contribution is 6.33. The van der Waals surface area contributed by atoms with Crippen LogP contribution in [0.2, 0.25) is 5.02 Å². The van der Waals surface area contributed by atoms with Gasteiger partial charge in [0.05, 0.1) is 22.4 Å². The van der Waals surface area contributed by atoms with Gasteiger partial charge in [0.2, 0.25) is 0 Å².